The fraction of sp³-hybridized carbons (Fsp3) is 0.400. The molecule has 2 aromatic heterocycles. The van der Waals surface area contributed by atoms with E-state index in [9.17, 15) is 4.79 Å². The highest BCUT2D eigenvalue weighted by Gasteiger charge is 2.29. The third-order valence-electron chi connectivity index (χ3n) is 4.93. The standard InChI is InChI=1S/C20H25N7O/c1-20(2,3)19(28)23-12-8-9-27(11-12)15-10-22-17(21)16(26-15)18-24-13-6-4-5-7-14(13)25-18/h4-7,10,12H,8-9,11H2,1-3H3,(H2,21,22)(H,23,28)(H,24,25). The van der Waals surface area contributed by atoms with Gasteiger partial charge in [0.25, 0.3) is 0 Å². The molecule has 1 saturated heterocycles. The molecule has 1 aliphatic heterocycles. The lowest BCUT2D eigenvalue weighted by Crippen LogP contribution is -2.43. The number of carbonyl (C=O) groups excluding carboxylic acids is 1. The zero-order valence-electron chi connectivity index (χ0n) is 16.4. The van der Waals surface area contributed by atoms with Crippen LogP contribution >= 0.6 is 0 Å². The van der Waals surface area contributed by atoms with Gasteiger partial charge in [0.05, 0.1) is 17.2 Å². The van der Waals surface area contributed by atoms with Crippen LogP contribution in [-0.4, -0.2) is 45.0 Å². The second-order valence-electron chi connectivity index (χ2n) is 8.22. The average Bonchev–Trinajstić information content (AvgIpc) is 3.28. The van der Waals surface area contributed by atoms with E-state index in [0.29, 0.717) is 23.9 Å². The van der Waals surface area contributed by atoms with Gasteiger partial charge in [0, 0.05) is 24.5 Å². The van der Waals surface area contributed by atoms with Gasteiger partial charge in [0.15, 0.2) is 17.3 Å². The number of nitrogen functional groups attached to an aromatic ring is 1. The maximum absolute atomic E-state index is 12.2. The van der Waals surface area contributed by atoms with Crippen molar-refractivity contribution in [3.05, 3.63) is 30.5 Å². The Hall–Kier alpha value is -3.16. The van der Waals surface area contributed by atoms with Crippen molar-refractivity contribution in [2.24, 2.45) is 5.41 Å². The van der Waals surface area contributed by atoms with E-state index in [2.05, 4.69) is 25.2 Å². The molecule has 1 unspecified atom stereocenters. The number of nitrogens with zero attached hydrogens (tertiary/aromatic N) is 4. The second-order valence-corrected chi connectivity index (χ2v) is 8.22. The third kappa shape index (κ3) is 3.49. The summed E-state index contributed by atoms with van der Waals surface area (Å²) >= 11 is 0. The Kier molecular flexibility index (Phi) is 4.41. The molecule has 3 aromatic rings. The number of aromatic amines is 1. The average molecular weight is 379 g/mol. The lowest BCUT2D eigenvalue weighted by molar-refractivity contribution is -0.129. The summed E-state index contributed by atoms with van der Waals surface area (Å²) in [7, 11) is 0. The summed E-state index contributed by atoms with van der Waals surface area (Å²) in [5, 5.41) is 3.12. The molecule has 3 heterocycles. The Morgan fingerprint density at radius 2 is 2.07 bits per heavy atom. The van der Waals surface area contributed by atoms with Gasteiger partial charge in [-0.15, -0.1) is 0 Å². The number of hydrogen-bond donors (Lipinski definition) is 3. The lowest BCUT2D eigenvalue weighted by atomic mass is 9.95. The molecule has 8 heteroatoms. The quantitative estimate of drug-likeness (QED) is 0.644. The van der Waals surface area contributed by atoms with Crippen LogP contribution in [0.3, 0.4) is 0 Å². The molecular weight excluding hydrogens is 354 g/mol. The molecule has 0 saturated carbocycles. The number of amides is 1. The van der Waals surface area contributed by atoms with Crippen LogP contribution in [-0.2, 0) is 4.79 Å². The number of anilines is 2. The Morgan fingerprint density at radius 1 is 1.29 bits per heavy atom. The number of rotatable bonds is 3. The molecule has 1 fully saturated rings. The first-order chi connectivity index (χ1) is 13.3. The number of H-pyrrole nitrogens is 1. The lowest BCUT2D eigenvalue weighted by Gasteiger charge is -2.22. The Morgan fingerprint density at radius 3 is 2.82 bits per heavy atom. The van der Waals surface area contributed by atoms with Crippen LogP contribution in [0.1, 0.15) is 27.2 Å². The Labute approximate surface area is 163 Å². The Balaban J connectivity index is 1.55. The van der Waals surface area contributed by atoms with Gasteiger partial charge in [0.2, 0.25) is 5.91 Å². The number of imidazole rings is 1. The van der Waals surface area contributed by atoms with Gasteiger partial charge < -0.3 is 20.9 Å². The zero-order valence-corrected chi connectivity index (χ0v) is 16.4. The maximum Gasteiger partial charge on any atom is 0.225 e. The number of fused-ring (bicyclic) bond motifs is 1. The van der Waals surface area contributed by atoms with Gasteiger partial charge in [-0.1, -0.05) is 32.9 Å². The summed E-state index contributed by atoms with van der Waals surface area (Å²) in [4.78, 5) is 31.2. The molecule has 28 heavy (non-hydrogen) atoms. The fourth-order valence-electron chi connectivity index (χ4n) is 3.27. The number of carbonyl (C=O) groups is 1. The van der Waals surface area contributed by atoms with Crippen molar-refractivity contribution < 1.29 is 4.79 Å². The summed E-state index contributed by atoms with van der Waals surface area (Å²) in [6.45, 7) is 7.24. The van der Waals surface area contributed by atoms with E-state index in [1.165, 1.54) is 0 Å². The first kappa shape index (κ1) is 18.2. The zero-order chi connectivity index (χ0) is 19.9. The van der Waals surface area contributed by atoms with Crippen molar-refractivity contribution in [3.63, 3.8) is 0 Å². The van der Waals surface area contributed by atoms with Crippen LogP contribution in [0.4, 0.5) is 11.6 Å². The monoisotopic (exact) mass is 379 g/mol. The number of nitrogens with one attached hydrogen (secondary N) is 2. The normalized spacial score (nSPS) is 17.2. The minimum absolute atomic E-state index is 0.0608. The molecule has 146 valence electrons. The van der Waals surface area contributed by atoms with Crippen LogP contribution in [0.15, 0.2) is 30.5 Å². The molecule has 1 aliphatic rings. The highest BCUT2D eigenvalue weighted by atomic mass is 16.2. The van der Waals surface area contributed by atoms with Crippen molar-refractivity contribution in [3.8, 4) is 11.5 Å². The minimum atomic E-state index is -0.400. The summed E-state index contributed by atoms with van der Waals surface area (Å²) in [5.74, 6) is 1.73. The number of hydrogen-bond acceptors (Lipinski definition) is 6. The van der Waals surface area contributed by atoms with Crippen LogP contribution in [0.5, 0.6) is 0 Å². The maximum atomic E-state index is 12.2. The smallest absolute Gasteiger partial charge is 0.225 e. The van der Waals surface area contributed by atoms with Crippen molar-refractivity contribution in [2.75, 3.05) is 23.7 Å². The molecule has 0 radical (unpaired) electrons. The van der Waals surface area contributed by atoms with Gasteiger partial charge in [0.1, 0.15) is 5.82 Å². The predicted molar refractivity (Wildman–Crippen MR) is 110 cm³/mol. The van der Waals surface area contributed by atoms with Gasteiger partial charge in [-0.25, -0.2) is 15.0 Å². The molecule has 1 amide bonds. The molecule has 1 aromatic carbocycles. The molecule has 0 aliphatic carbocycles. The SMILES string of the molecule is CC(C)(C)C(=O)NC1CCN(c2cnc(N)c(-c3nc4ccccc4[nH]3)n2)C1. The molecular formula is C20H25N7O. The van der Waals surface area contributed by atoms with E-state index in [0.717, 1.165) is 29.8 Å². The molecule has 4 N–H and O–H groups in total. The minimum Gasteiger partial charge on any atom is -0.382 e. The molecule has 0 spiro atoms. The van der Waals surface area contributed by atoms with Crippen LogP contribution in [0, 0.1) is 5.41 Å². The number of nitrogens with two attached hydrogens (primary N) is 1. The van der Waals surface area contributed by atoms with Crippen molar-refractivity contribution in [1.29, 1.82) is 0 Å². The Bertz CT molecular complexity index is 988. The first-order valence-corrected chi connectivity index (χ1v) is 9.45. The summed E-state index contributed by atoms with van der Waals surface area (Å²) in [5.41, 5.74) is 7.99. The summed E-state index contributed by atoms with van der Waals surface area (Å²) < 4.78 is 0. The molecule has 1 atom stereocenters. The largest absolute Gasteiger partial charge is 0.382 e. The number of benzene rings is 1. The van der Waals surface area contributed by atoms with Crippen LogP contribution in [0.2, 0.25) is 0 Å². The molecule has 4 rings (SSSR count). The predicted octanol–water partition coefficient (Wildman–Crippen LogP) is 2.34. The van der Waals surface area contributed by atoms with E-state index in [1.807, 2.05) is 45.0 Å². The first-order valence-electron chi connectivity index (χ1n) is 9.45. The van der Waals surface area contributed by atoms with Gasteiger partial charge in [-0.3, -0.25) is 4.79 Å². The summed E-state index contributed by atoms with van der Waals surface area (Å²) in [6.07, 6.45) is 2.54. The van der Waals surface area contributed by atoms with Crippen LogP contribution < -0.4 is 16.0 Å². The van der Waals surface area contributed by atoms with Gasteiger partial charge >= 0.3 is 0 Å². The van der Waals surface area contributed by atoms with Gasteiger partial charge in [-0.2, -0.15) is 0 Å². The van der Waals surface area contributed by atoms with E-state index in [1.54, 1.807) is 6.20 Å². The summed E-state index contributed by atoms with van der Waals surface area (Å²) in [6, 6.07) is 7.88. The fourth-order valence-corrected chi connectivity index (χ4v) is 3.27. The second kappa shape index (κ2) is 6.78. The van der Waals surface area contributed by atoms with E-state index in [-0.39, 0.29) is 11.9 Å². The van der Waals surface area contributed by atoms with E-state index < -0.39 is 5.41 Å². The highest BCUT2D eigenvalue weighted by Crippen LogP contribution is 2.26. The van der Waals surface area contributed by atoms with Crippen molar-refractivity contribution in [2.45, 2.75) is 33.2 Å². The van der Waals surface area contributed by atoms with Crippen LogP contribution in [0.25, 0.3) is 22.6 Å². The van der Waals surface area contributed by atoms with Crippen molar-refractivity contribution >= 4 is 28.6 Å². The number of para-hydroxylation sites is 2. The number of aromatic nitrogens is 4. The van der Waals surface area contributed by atoms with Gasteiger partial charge in [-0.05, 0) is 18.6 Å². The van der Waals surface area contributed by atoms with Crippen molar-refractivity contribution in [1.82, 2.24) is 25.3 Å². The van der Waals surface area contributed by atoms with E-state index >= 15 is 0 Å². The third-order valence-corrected chi connectivity index (χ3v) is 4.93. The highest BCUT2D eigenvalue weighted by molar-refractivity contribution is 5.82. The van der Waals surface area contributed by atoms with E-state index in [4.69, 9.17) is 10.7 Å². The molecule has 8 nitrogen and oxygen atoms in total. The topological polar surface area (TPSA) is 113 Å². The molecule has 0 bridgehead atoms.